The molecule has 5 nitrogen and oxygen atoms in total. The standard InChI is InChI=1S/C31H31BrN2O3S/c1-21-11-17-25(18-12-21)33-31-34(26-8-4-3-5-9-26)30(35)28(38-31)19-23-7-6-10-27(36-2)29(23)37-20-22-13-15-24(32)16-14-22/h6-7,10-19,26H,3-5,8-9,20H2,1-2H3/b28-19+,33-31?. The molecular formula is C31H31BrN2O3S. The first kappa shape index (κ1) is 26.6. The fourth-order valence-corrected chi connectivity index (χ4v) is 6.11. The second-order valence-corrected chi connectivity index (χ2v) is 11.5. The van der Waals surface area contributed by atoms with E-state index in [9.17, 15) is 4.79 Å². The molecule has 1 saturated heterocycles. The molecule has 2 fully saturated rings. The van der Waals surface area contributed by atoms with Gasteiger partial charge in [-0.25, -0.2) is 4.99 Å². The van der Waals surface area contributed by atoms with Crippen LogP contribution in [0.4, 0.5) is 5.69 Å². The SMILES string of the molecule is COc1cccc(/C=C2/SC(=Nc3ccc(C)cc3)N(C3CCCCC3)C2=O)c1OCc1ccc(Br)cc1. The molecule has 1 aliphatic heterocycles. The molecule has 5 rings (SSSR count). The van der Waals surface area contributed by atoms with E-state index in [1.807, 2.05) is 77.7 Å². The van der Waals surface area contributed by atoms with Gasteiger partial charge in [-0.3, -0.25) is 9.69 Å². The van der Waals surface area contributed by atoms with Gasteiger partial charge in [-0.2, -0.15) is 0 Å². The van der Waals surface area contributed by atoms with E-state index in [0.717, 1.165) is 52.1 Å². The molecule has 3 aromatic carbocycles. The van der Waals surface area contributed by atoms with Crippen LogP contribution in [-0.4, -0.2) is 29.1 Å². The molecule has 7 heteroatoms. The van der Waals surface area contributed by atoms with Crippen LogP contribution >= 0.6 is 27.7 Å². The Morgan fingerprint density at radius 2 is 1.76 bits per heavy atom. The van der Waals surface area contributed by atoms with E-state index in [1.54, 1.807) is 7.11 Å². The lowest BCUT2D eigenvalue weighted by Gasteiger charge is -2.30. The molecule has 3 aromatic rings. The van der Waals surface area contributed by atoms with Gasteiger partial charge in [-0.15, -0.1) is 0 Å². The number of carbonyl (C=O) groups is 1. The third kappa shape index (κ3) is 6.16. The predicted octanol–water partition coefficient (Wildman–Crippen LogP) is 8.28. The second-order valence-electron chi connectivity index (χ2n) is 9.60. The van der Waals surface area contributed by atoms with Crippen molar-refractivity contribution in [2.75, 3.05) is 7.11 Å². The number of aryl methyl sites for hydroxylation is 1. The number of amides is 1. The van der Waals surface area contributed by atoms with Crippen LogP contribution in [-0.2, 0) is 11.4 Å². The molecule has 0 aromatic heterocycles. The largest absolute Gasteiger partial charge is 0.493 e. The lowest BCUT2D eigenvalue weighted by molar-refractivity contribution is -0.124. The van der Waals surface area contributed by atoms with Crippen LogP contribution < -0.4 is 9.47 Å². The molecule has 196 valence electrons. The monoisotopic (exact) mass is 590 g/mol. The molecule has 0 atom stereocenters. The Hall–Kier alpha value is -3.03. The highest BCUT2D eigenvalue weighted by molar-refractivity contribution is 9.10. The van der Waals surface area contributed by atoms with Crippen LogP contribution in [0.25, 0.3) is 6.08 Å². The number of thioether (sulfide) groups is 1. The van der Waals surface area contributed by atoms with Gasteiger partial charge in [0.2, 0.25) is 0 Å². The number of hydrogen-bond donors (Lipinski definition) is 0. The van der Waals surface area contributed by atoms with Gasteiger partial charge in [-0.05, 0) is 73.5 Å². The van der Waals surface area contributed by atoms with Crippen LogP contribution in [0.1, 0.15) is 48.8 Å². The fraction of sp³-hybridized carbons (Fsp3) is 0.290. The van der Waals surface area contributed by atoms with Gasteiger partial charge in [0, 0.05) is 16.1 Å². The molecule has 1 saturated carbocycles. The van der Waals surface area contributed by atoms with Gasteiger partial charge in [0.1, 0.15) is 6.61 Å². The minimum absolute atomic E-state index is 0.00874. The third-order valence-electron chi connectivity index (χ3n) is 6.85. The first-order chi connectivity index (χ1) is 18.5. The molecule has 38 heavy (non-hydrogen) atoms. The predicted molar refractivity (Wildman–Crippen MR) is 159 cm³/mol. The normalized spacial score (nSPS) is 18.4. The van der Waals surface area contributed by atoms with E-state index in [4.69, 9.17) is 14.5 Å². The smallest absolute Gasteiger partial charge is 0.267 e. The first-order valence-electron chi connectivity index (χ1n) is 12.9. The van der Waals surface area contributed by atoms with Gasteiger partial charge < -0.3 is 9.47 Å². The van der Waals surface area contributed by atoms with Crippen molar-refractivity contribution in [2.45, 2.75) is 51.7 Å². The van der Waals surface area contributed by atoms with Crippen molar-refractivity contribution < 1.29 is 14.3 Å². The highest BCUT2D eigenvalue weighted by Crippen LogP contribution is 2.41. The Morgan fingerprint density at radius 3 is 2.47 bits per heavy atom. The number of carbonyl (C=O) groups excluding carboxylic acids is 1. The molecular weight excluding hydrogens is 560 g/mol. The number of rotatable bonds is 7. The average molecular weight is 592 g/mol. The Kier molecular flexibility index (Phi) is 8.55. The van der Waals surface area contributed by atoms with E-state index in [-0.39, 0.29) is 11.9 Å². The van der Waals surface area contributed by atoms with Gasteiger partial charge in [-0.1, -0.05) is 77.2 Å². The fourth-order valence-electron chi connectivity index (χ4n) is 4.79. The van der Waals surface area contributed by atoms with Crippen molar-refractivity contribution in [3.63, 3.8) is 0 Å². The maximum atomic E-state index is 13.8. The minimum atomic E-state index is 0.00874. The first-order valence-corrected chi connectivity index (χ1v) is 14.6. The topological polar surface area (TPSA) is 51.1 Å². The van der Waals surface area contributed by atoms with Crippen molar-refractivity contribution in [3.8, 4) is 11.5 Å². The Balaban J connectivity index is 1.48. The quantitative estimate of drug-likeness (QED) is 0.260. The zero-order valence-electron chi connectivity index (χ0n) is 21.7. The molecule has 1 heterocycles. The minimum Gasteiger partial charge on any atom is -0.493 e. The molecule has 0 N–H and O–H groups in total. The van der Waals surface area contributed by atoms with Gasteiger partial charge in [0.15, 0.2) is 16.7 Å². The number of methoxy groups -OCH3 is 1. The number of amidine groups is 1. The molecule has 0 bridgehead atoms. The van der Waals surface area contributed by atoms with E-state index in [0.29, 0.717) is 23.0 Å². The van der Waals surface area contributed by atoms with E-state index >= 15 is 0 Å². The van der Waals surface area contributed by atoms with Crippen molar-refractivity contribution in [1.29, 1.82) is 0 Å². The molecule has 0 unspecified atom stereocenters. The highest BCUT2D eigenvalue weighted by atomic mass is 79.9. The van der Waals surface area contributed by atoms with Crippen LogP contribution in [0.15, 0.2) is 81.1 Å². The summed E-state index contributed by atoms with van der Waals surface area (Å²) in [6.45, 7) is 2.45. The maximum Gasteiger partial charge on any atom is 0.267 e. The van der Waals surface area contributed by atoms with Crippen molar-refractivity contribution in [2.24, 2.45) is 4.99 Å². The Labute approximate surface area is 237 Å². The number of halogens is 1. The zero-order valence-corrected chi connectivity index (χ0v) is 24.1. The van der Waals surface area contributed by atoms with E-state index in [1.165, 1.54) is 23.7 Å². The lowest BCUT2D eigenvalue weighted by Crippen LogP contribution is -2.40. The summed E-state index contributed by atoms with van der Waals surface area (Å²) < 4.78 is 12.9. The molecule has 1 amide bonds. The van der Waals surface area contributed by atoms with Gasteiger partial charge in [0.25, 0.3) is 5.91 Å². The summed E-state index contributed by atoms with van der Waals surface area (Å²) in [6.07, 6.45) is 7.43. The van der Waals surface area contributed by atoms with Gasteiger partial charge in [0.05, 0.1) is 17.7 Å². The zero-order chi connectivity index (χ0) is 26.5. The number of hydrogen-bond acceptors (Lipinski definition) is 5. The second kappa shape index (κ2) is 12.2. The summed E-state index contributed by atoms with van der Waals surface area (Å²) in [5, 5.41) is 0.747. The summed E-state index contributed by atoms with van der Waals surface area (Å²) in [4.78, 5) is 21.3. The van der Waals surface area contributed by atoms with Crippen LogP contribution in [0.5, 0.6) is 11.5 Å². The number of nitrogens with zero attached hydrogens (tertiary/aromatic N) is 2. The molecule has 2 aliphatic rings. The van der Waals surface area contributed by atoms with Crippen molar-refractivity contribution >= 4 is 50.5 Å². The summed E-state index contributed by atoms with van der Waals surface area (Å²) in [7, 11) is 1.63. The summed E-state index contributed by atoms with van der Waals surface area (Å²) >= 11 is 4.91. The molecule has 1 aliphatic carbocycles. The summed E-state index contributed by atoms with van der Waals surface area (Å²) in [5.41, 5.74) is 3.88. The number of ether oxygens (including phenoxy) is 2. The number of benzene rings is 3. The van der Waals surface area contributed by atoms with E-state index in [2.05, 4.69) is 22.9 Å². The van der Waals surface area contributed by atoms with Crippen LogP contribution in [0, 0.1) is 6.92 Å². The molecule has 0 spiro atoms. The highest BCUT2D eigenvalue weighted by Gasteiger charge is 2.38. The van der Waals surface area contributed by atoms with Crippen molar-refractivity contribution in [3.05, 3.63) is 92.8 Å². The number of aliphatic imine (C=N–C) groups is 1. The Bertz CT molecular complexity index is 1350. The average Bonchev–Trinajstić information content (AvgIpc) is 3.24. The lowest BCUT2D eigenvalue weighted by atomic mass is 9.94. The Morgan fingerprint density at radius 1 is 1.03 bits per heavy atom. The summed E-state index contributed by atoms with van der Waals surface area (Å²) in [5.74, 6) is 1.26. The molecule has 0 radical (unpaired) electrons. The summed E-state index contributed by atoms with van der Waals surface area (Å²) in [6, 6.07) is 22.1. The maximum absolute atomic E-state index is 13.8. The van der Waals surface area contributed by atoms with E-state index < -0.39 is 0 Å². The van der Waals surface area contributed by atoms with Crippen LogP contribution in [0.3, 0.4) is 0 Å². The number of para-hydroxylation sites is 1. The van der Waals surface area contributed by atoms with Crippen LogP contribution in [0.2, 0.25) is 0 Å². The third-order valence-corrected chi connectivity index (χ3v) is 8.36. The van der Waals surface area contributed by atoms with Crippen molar-refractivity contribution in [1.82, 2.24) is 4.90 Å². The van der Waals surface area contributed by atoms with Gasteiger partial charge >= 0.3 is 0 Å².